The van der Waals surface area contributed by atoms with E-state index in [1.807, 2.05) is 0 Å². The number of carbonyl (C=O) groups is 1. The normalized spacial score (nSPS) is 10.5. The summed E-state index contributed by atoms with van der Waals surface area (Å²) in [7, 11) is 0. The Balaban J connectivity index is 2.28. The minimum Gasteiger partial charge on any atom is -0.292 e. The molecule has 0 N–H and O–H groups in total. The van der Waals surface area contributed by atoms with Gasteiger partial charge in [0, 0.05) is 17.6 Å². The molecular formula is C13H7Cl3FNO. The molecule has 0 saturated heterocycles. The minimum absolute atomic E-state index is 0.0784. The summed E-state index contributed by atoms with van der Waals surface area (Å²) in [5.41, 5.74) is 0.478. The molecule has 0 amide bonds. The molecule has 0 bridgehead atoms. The summed E-state index contributed by atoms with van der Waals surface area (Å²) < 4.78 is 13.1. The van der Waals surface area contributed by atoms with Crippen LogP contribution in [0.25, 0.3) is 0 Å². The Labute approximate surface area is 124 Å². The van der Waals surface area contributed by atoms with E-state index in [0.717, 1.165) is 0 Å². The van der Waals surface area contributed by atoms with Crippen LogP contribution in [0.2, 0.25) is 15.1 Å². The molecule has 98 valence electrons. The smallest absolute Gasteiger partial charge is 0.187 e. The molecule has 2 nitrogen and oxygen atoms in total. The molecule has 0 radical (unpaired) electrons. The Morgan fingerprint density at radius 3 is 2.58 bits per heavy atom. The molecule has 0 fully saturated rings. The Kier molecular flexibility index (Phi) is 4.40. The molecule has 1 aromatic carbocycles. The zero-order valence-electron chi connectivity index (χ0n) is 9.46. The van der Waals surface area contributed by atoms with Gasteiger partial charge in [0.25, 0.3) is 0 Å². The van der Waals surface area contributed by atoms with Gasteiger partial charge < -0.3 is 0 Å². The molecule has 0 saturated carbocycles. The molecule has 0 unspecified atom stereocenters. The molecule has 1 aromatic heterocycles. The fourth-order valence-corrected chi connectivity index (χ4v) is 2.23. The summed E-state index contributed by atoms with van der Waals surface area (Å²) in [5, 5.41) is 0.815. The van der Waals surface area contributed by atoms with Crippen LogP contribution in [0, 0.1) is 5.82 Å². The van der Waals surface area contributed by atoms with Gasteiger partial charge in [0.05, 0.1) is 10.0 Å². The number of halogens is 4. The number of pyridine rings is 1. The highest BCUT2D eigenvalue weighted by molar-refractivity contribution is 6.36. The SMILES string of the molecule is O=C(Cc1cc(F)ccc1Cl)c1ncc(Cl)cc1Cl. The Morgan fingerprint density at radius 2 is 1.89 bits per heavy atom. The van der Waals surface area contributed by atoms with Gasteiger partial charge in [-0.15, -0.1) is 0 Å². The minimum atomic E-state index is -0.456. The van der Waals surface area contributed by atoms with Crippen molar-refractivity contribution in [3.63, 3.8) is 0 Å². The van der Waals surface area contributed by atoms with Gasteiger partial charge >= 0.3 is 0 Å². The Hall–Kier alpha value is -1.16. The average Bonchev–Trinajstić information content (AvgIpc) is 2.33. The summed E-state index contributed by atoms with van der Waals surface area (Å²) >= 11 is 17.5. The first-order valence-electron chi connectivity index (χ1n) is 5.25. The molecule has 2 aromatic rings. The van der Waals surface area contributed by atoms with Crippen molar-refractivity contribution >= 4 is 40.6 Å². The molecule has 0 atom stereocenters. The lowest BCUT2D eigenvalue weighted by molar-refractivity contribution is 0.0988. The maximum atomic E-state index is 13.1. The highest BCUT2D eigenvalue weighted by Gasteiger charge is 2.15. The van der Waals surface area contributed by atoms with Crippen LogP contribution in [0.1, 0.15) is 16.1 Å². The molecular weight excluding hydrogens is 312 g/mol. The van der Waals surface area contributed by atoms with Gasteiger partial charge in [-0.2, -0.15) is 0 Å². The highest BCUT2D eigenvalue weighted by atomic mass is 35.5. The van der Waals surface area contributed by atoms with Gasteiger partial charge in [-0.25, -0.2) is 9.37 Å². The van der Waals surface area contributed by atoms with Crippen molar-refractivity contribution in [1.82, 2.24) is 4.98 Å². The number of rotatable bonds is 3. The summed E-state index contributed by atoms with van der Waals surface area (Å²) in [4.78, 5) is 15.9. The lowest BCUT2D eigenvalue weighted by Crippen LogP contribution is -2.07. The van der Waals surface area contributed by atoms with Crippen molar-refractivity contribution in [3.05, 3.63) is 62.6 Å². The average molecular weight is 319 g/mol. The van der Waals surface area contributed by atoms with E-state index in [2.05, 4.69) is 4.98 Å². The monoisotopic (exact) mass is 317 g/mol. The van der Waals surface area contributed by atoms with Crippen LogP contribution < -0.4 is 0 Å². The zero-order valence-corrected chi connectivity index (χ0v) is 11.7. The van der Waals surface area contributed by atoms with E-state index in [-0.39, 0.29) is 22.9 Å². The number of carbonyl (C=O) groups excluding carboxylic acids is 1. The van der Waals surface area contributed by atoms with Crippen LogP contribution in [0.5, 0.6) is 0 Å². The standard InChI is InChI=1S/C13H7Cl3FNO/c14-8-5-11(16)13(18-6-8)12(19)4-7-3-9(17)1-2-10(7)15/h1-3,5-6H,4H2. The van der Waals surface area contributed by atoms with Crippen molar-refractivity contribution in [1.29, 1.82) is 0 Å². The van der Waals surface area contributed by atoms with Crippen molar-refractivity contribution < 1.29 is 9.18 Å². The number of benzene rings is 1. The van der Waals surface area contributed by atoms with Gasteiger partial charge in [0.2, 0.25) is 0 Å². The fraction of sp³-hybridized carbons (Fsp3) is 0.0769. The van der Waals surface area contributed by atoms with Gasteiger partial charge in [-0.1, -0.05) is 34.8 Å². The number of hydrogen-bond donors (Lipinski definition) is 0. The predicted octanol–water partition coefficient (Wildman–Crippen LogP) is 4.61. The van der Waals surface area contributed by atoms with E-state index >= 15 is 0 Å². The van der Waals surface area contributed by atoms with Crippen LogP contribution in [-0.4, -0.2) is 10.8 Å². The topological polar surface area (TPSA) is 30.0 Å². The summed E-state index contributed by atoms with van der Waals surface area (Å²) in [6.07, 6.45) is 1.25. The van der Waals surface area contributed by atoms with Crippen molar-refractivity contribution in [2.24, 2.45) is 0 Å². The molecule has 0 aliphatic heterocycles. The molecule has 0 aliphatic carbocycles. The molecule has 0 aliphatic rings. The number of hydrogen-bond acceptors (Lipinski definition) is 2. The largest absolute Gasteiger partial charge is 0.292 e. The third-order valence-corrected chi connectivity index (χ3v) is 3.29. The van der Waals surface area contributed by atoms with E-state index in [1.165, 1.54) is 30.5 Å². The van der Waals surface area contributed by atoms with Crippen molar-refractivity contribution in [2.75, 3.05) is 0 Å². The van der Waals surface area contributed by atoms with E-state index < -0.39 is 5.82 Å². The predicted molar refractivity (Wildman–Crippen MR) is 73.7 cm³/mol. The first-order valence-corrected chi connectivity index (χ1v) is 6.39. The highest BCUT2D eigenvalue weighted by Crippen LogP contribution is 2.22. The first-order chi connectivity index (χ1) is 8.97. The van der Waals surface area contributed by atoms with Crippen LogP contribution in [-0.2, 0) is 6.42 Å². The fourth-order valence-electron chi connectivity index (χ4n) is 1.56. The first kappa shape index (κ1) is 14.3. The van der Waals surface area contributed by atoms with E-state index in [9.17, 15) is 9.18 Å². The summed E-state index contributed by atoms with van der Waals surface area (Å²) in [5.74, 6) is -0.809. The molecule has 6 heteroatoms. The van der Waals surface area contributed by atoms with Gasteiger partial charge in [-0.05, 0) is 29.8 Å². The molecule has 0 spiro atoms. The number of aromatic nitrogens is 1. The third kappa shape index (κ3) is 3.44. The second kappa shape index (κ2) is 5.87. The van der Waals surface area contributed by atoms with Gasteiger partial charge in [0.15, 0.2) is 5.78 Å². The van der Waals surface area contributed by atoms with Crippen LogP contribution in [0.3, 0.4) is 0 Å². The van der Waals surface area contributed by atoms with Crippen LogP contribution in [0.4, 0.5) is 4.39 Å². The molecule has 2 rings (SSSR count). The van der Waals surface area contributed by atoms with Crippen molar-refractivity contribution in [2.45, 2.75) is 6.42 Å². The maximum absolute atomic E-state index is 13.1. The lowest BCUT2D eigenvalue weighted by Gasteiger charge is -2.05. The molecule has 1 heterocycles. The Bertz CT molecular complexity index is 646. The number of Topliss-reactive ketones (excluding diaryl/α,β-unsaturated/α-hetero) is 1. The third-order valence-electron chi connectivity index (χ3n) is 2.43. The van der Waals surface area contributed by atoms with Gasteiger partial charge in [0.1, 0.15) is 11.5 Å². The molecule has 19 heavy (non-hydrogen) atoms. The zero-order chi connectivity index (χ0) is 14.0. The maximum Gasteiger partial charge on any atom is 0.187 e. The second-order valence-electron chi connectivity index (χ2n) is 3.82. The van der Waals surface area contributed by atoms with Crippen molar-refractivity contribution in [3.8, 4) is 0 Å². The quantitative estimate of drug-likeness (QED) is 0.774. The number of nitrogens with zero attached hydrogens (tertiary/aromatic N) is 1. The lowest BCUT2D eigenvalue weighted by atomic mass is 10.1. The van der Waals surface area contributed by atoms with E-state index in [4.69, 9.17) is 34.8 Å². The van der Waals surface area contributed by atoms with Crippen LogP contribution in [0.15, 0.2) is 30.5 Å². The Morgan fingerprint density at radius 1 is 1.16 bits per heavy atom. The second-order valence-corrected chi connectivity index (χ2v) is 5.07. The van der Waals surface area contributed by atoms with Crippen LogP contribution >= 0.6 is 34.8 Å². The van der Waals surface area contributed by atoms with Gasteiger partial charge in [-0.3, -0.25) is 4.79 Å². The van der Waals surface area contributed by atoms with E-state index in [1.54, 1.807) is 0 Å². The van der Waals surface area contributed by atoms with E-state index in [0.29, 0.717) is 15.6 Å². The summed E-state index contributed by atoms with van der Waals surface area (Å²) in [6, 6.07) is 5.26. The summed E-state index contributed by atoms with van der Waals surface area (Å²) in [6.45, 7) is 0. The number of ketones is 1.